The van der Waals surface area contributed by atoms with Crippen LogP contribution in [-0.2, 0) is 17.9 Å². The van der Waals surface area contributed by atoms with E-state index >= 15 is 0 Å². The summed E-state index contributed by atoms with van der Waals surface area (Å²) in [4.78, 5) is 10.6. The van der Waals surface area contributed by atoms with E-state index in [0.29, 0.717) is 30.4 Å². The first-order chi connectivity index (χ1) is 9.69. The fourth-order valence-corrected chi connectivity index (χ4v) is 1.89. The number of methoxy groups -OCH3 is 1. The molecule has 0 aliphatic heterocycles. The predicted octanol–water partition coefficient (Wildman–Crippen LogP) is 0.992. The number of hydrogen-bond donors (Lipinski definition) is 1. The summed E-state index contributed by atoms with van der Waals surface area (Å²) in [6.45, 7) is 0.497. The molecule has 1 N–H and O–H groups in total. The third kappa shape index (κ3) is 2.65. The van der Waals surface area contributed by atoms with Crippen molar-refractivity contribution in [2.75, 3.05) is 13.7 Å². The second-order valence-electron chi connectivity index (χ2n) is 4.02. The molecule has 2 aromatic rings. The molecule has 0 amide bonds. The molecule has 1 aromatic carbocycles. The summed E-state index contributed by atoms with van der Waals surface area (Å²) in [5.74, 6) is 0.689. The maximum absolute atomic E-state index is 11.1. The summed E-state index contributed by atoms with van der Waals surface area (Å²) in [5, 5.41) is 28.1. The van der Waals surface area contributed by atoms with Crippen LogP contribution >= 0.6 is 0 Å². The molecule has 0 aliphatic carbocycles. The second-order valence-corrected chi connectivity index (χ2v) is 4.02. The Balaban J connectivity index is 2.52. The highest BCUT2D eigenvalue weighted by molar-refractivity contribution is 5.68. The van der Waals surface area contributed by atoms with Crippen molar-refractivity contribution in [1.29, 1.82) is 0 Å². The average molecular weight is 278 g/mol. The molecule has 0 unspecified atom stereocenters. The Hall–Kier alpha value is -2.32. The lowest BCUT2D eigenvalue weighted by molar-refractivity contribution is -0.384. The minimum Gasteiger partial charge on any atom is -0.388 e. The molecule has 0 saturated heterocycles. The summed E-state index contributed by atoms with van der Waals surface area (Å²) >= 11 is 0. The van der Waals surface area contributed by atoms with Crippen molar-refractivity contribution in [3.8, 4) is 11.4 Å². The zero-order chi connectivity index (χ0) is 14.5. The maximum Gasteiger partial charge on any atom is 0.280 e. The van der Waals surface area contributed by atoms with Gasteiger partial charge in [0.2, 0.25) is 0 Å². The van der Waals surface area contributed by atoms with Crippen LogP contribution in [0.3, 0.4) is 0 Å². The van der Waals surface area contributed by atoms with Crippen LogP contribution in [0.15, 0.2) is 24.3 Å². The highest BCUT2D eigenvalue weighted by atomic mass is 16.6. The Labute approximate surface area is 114 Å². The molecule has 8 heteroatoms. The molecule has 106 valence electrons. The van der Waals surface area contributed by atoms with Crippen molar-refractivity contribution in [3.63, 3.8) is 0 Å². The van der Waals surface area contributed by atoms with E-state index in [9.17, 15) is 15.2 Å². The van der Waals surface area contributed by atoms with Gasteiger partial charge >= 0.3 is 0 Å². The number of nitro benzene ring substituents is 1. The topological polar surface area (TPSA) is 103 Å². The van der Waals surface area contributed by atoms with Gasteiger partial charge in [-0.3, -0.25) is 10.1 Å². The average Bonchev–Trinajstić information content (AvgIpc) is 2.87. The number of aromatic nitrogens is 3. The van der Waals surface area contributed by atoms with Crippen LogP contribution in [0.1, 0.15) is 5.82 Å². The molecule has 0 atom stereocenters. The van der Waals surface area contributed by atoms with E-state index in [1.54, 1.807) is 29.9 Å². The van der Waals surface area contributed by atoms with E-state index < -0.39 is 4.92 Å². The fourth-order valence-electron chi connectivity index (χ4n) is 1.89. The molecule has 0 spiro atoms. The van der Waals surface area contributed by atoms with Crippen molar-refractivity contribution < 1.29 is 14.8 Å². The van der Waals surface area contributed by atoms with E-state index in [4.69, 9.17) is 4.74 Å². The van der Waals surface area contributed by atoms with E-state index in [0.717, 1.165) is 0 Å². The van der Waals surface area contributed by atoms with Gasteiger partial charge in [-0.15, -0.1) is 10.2 Å². The number of aliphatic hydroxyl groups is 1. The lowest BCUT2D eigenvalue weighted by Crippen LogP contribution is -2.10. The monoisotopic (exact) mass is 278 g/mol. The molecular formula is C12H14N4O4. The molecule has 1 heterocycles. The Bertz CT molecular complexity index is 611. The molecule has 0 bridgehead atoms. The highest BCUT2D eigenvalue weighted by Gasteiger charge is 2.21. The molecular weight excluding hydrogens is 264 g/mol. The molecule has 0 fully saturated rings. The number of hydrogen-bond acceptors (Lipinski definition) is 6. The lowest BCUT2D eigenvalue weighted by atomic mass is 10.1. The third-order valence-electron chi connectivity index (χ3n) is 2.83. The van der Waals surface area contributed by atoms with Gasteiger partial charge in [-0.2, -0.15) is 0 Å². The van der Waals surface area contributed by atoms with E-state index in [1.165, 1.54) is 6.07 Å². The Morgan fingerprint density at radius 1 is 1.40 bits per heavy atom. The molecule has 0 radical (unpaired) electrons. The first kappa shape index (κ1) is 14.1. The molecule has 1 aromatic heterocycles. The molecule has 2 rings (SSSR count). The van der Waals surface area contributed by atoms with Crippen LogP contribution in [-0.4, -0.2) is 38.5 Å². The number of nitrogens with zero attached hydrogens (tertiary/aromatic N) is 4. The van der Waals surface area contributed by atoms with Crippen LogP contribution in [0.25, 0.3) is 11.4 Å². The largest absolute Gasteiger partial charge is 0.388 e. The summed E-state index contributed by atoms with van der Waals surface area (Å²) in [7, 11) is 1.55. The third-order valence-corrected chi connectivity index (χ3v) is 2.83. The molecule has 8 nitrogen and oxygen atoms in total. The van der Waals surface area contributed by atoms with Crippen molar-refractivity contribution in [1.82, 2.24) is 14.8 Å². The SMILES string of the molecule is COCCn1c(CO)nnc1-c1ccccc1[N+](=O)[O-]. The zero-order valence-electron chi connectivity index (χ0n) is 10.9. The minimum absolute atomic E-state index is 0.0527. The van der Waals surface area contributed by atoms with Gasteiger partial charge in [0.05, 0.1) is 17.1 Å². The number of aliphatic hydroxyl groups excluding tert-OH is 1. The van der Waals surface area contributed by atoms with Crippen LogP contribution in [0.4, 0.5) is 5.69 Å². The Morgan fingerprint density at radius 3 is 2.80 bits per heavy atom. The van der Waals surface area contributed by atoms with Gasteiger partial charge in [-0.05, 0) is 6.07 Å². The van der Waals surface area contributed by atoms with Crippen molar-refractivity contribution >= 4 is 5.69 Å². The predicted molar refractivity (Wildman–Crippen MR) is 69.9 cm³/mol. The van der Waals surface area contributed by atoms with Gasteiger partial charge in [0.25, 0.3) is 5.69 Å². The standard InChI is InChI=1S/C12H14N4O4/c1-20-7-6-15-11(8-17)13-14-12(15)9-4-2-3-5-10(9)16(18)19/h2-5,17H,6-8H2,1H3. The van der Waals surface area contributed by atoms with Gasteiger partial charge < -0.3 is 14.4 Å². The van der Waals surface area contributed by atoms with Crippen LogP contribution in [0.2, 0.25) is 0 Å². The maximum atomic E-state index is 11.1. The van der Waals surface area contributed by atoms with Crippen LogP contribution in [0, 0.1) is 10.1 Å². The first-order valence-electron chi connectivity index (χ1n) is 5.94. The fraction of sp³-hybridized carbons (Fsp3) is 0.333. The summed E-state index contributed by atoms with van der Waals surface area (Å²) < 4.78 is 6.61. The van der Waals surface area contributed by atoms with Gasteiger partial charge in [-0.1, -0.05) is 12.1 Å². The number of para-hydroxylation sites is 1. The molecule has 20 heavy (non-hydrogen) atoms. The van der Waals surface area contributed by atoms with E-state index in [2.05, 4.69) is 10.2 Å². The zero-order valence-corrected chi connectivity index (χ0v) is 10.9. The van der Waals surface area contributed by atoms with Crippen molar-refractivity contribution in [3.05, 3.63) is 40.2 Å². The number of nitro groups is 1. The second kappa shape index (κ2) is 6.22. The smallest absolute Gasteiger partial charge is 0.280 e. The van der Waals surface area contributed by atoms with Gasteiger partial charge in [0.1, 0.15) is 6.61 Å². The quantitative estimate of drug-likeness (QED) is 0.624. The van der Waals surface area contributed by atoms with Crippen molar-refractivity contribution in [2.45, 2.75) is 13.2 Å². The number of rotatable bonds is 6. The summed E-state index contributed by atoms with van der Waals surface area (Å²) in [5.41, 5.74) is 0.309. The van der Waals surface area contributed by atoms with Gasteiger partial charge in [0, 0.05) is 19.7 Å². The molecule has 0 aliphatic rings. The Morgan fingerprint density at radius 2 is 2.15 bits per heavy atom. The Kier molecular flexibility index (Phi) is 4.38. The van der Waals surface area contributed by atoms with E-state index in [-0.39, 0.29) is 12.3 Å². The highest BCUT2D eigenvalue weighted by Crippen LogP contribution is 2.28. The van der Waals surface area contributed by atoms with E-state index in [1.807, 2.05) is 0 Å². The van der Waals surface area contributed by atoms with Crippen molar-refractivity contribution in [2.24, 2.45) is 0 Å². The summed E-state index contributed by atoms with van der Waals surface area (Å²) in [6.07, 6.45) is 0. The molecule has 0 saturated carbocycles. The number of benzene rings is 1. The van der Waals surface area contributed by atoms with Crippen LogP contribution < -0.4 is 0 Å². The van der Waals surface area contributed by atoms with Gasteiger partial charge in [0.15, 0.2) is 11.6 Å². The van der Waals surface area contributed by atoms with Crippen LogP contribution in [0.5, 0.6) is 0 Å². The normalized spacial score (nSPS) is 10.7. The minimum atomic E-state index is -0.469. The lowest BCUT2D eigenvalue weighted by Gasteiger charge is -2.08. The first-order valence-corrected chi connectivity index (χ1v) is 5.94. The van der Waals surface area contributed by atoms with Gasteiger partial charge in [-0.25, -0.2) is 0 Å². The summed E-state index contributed by atoms with van der Waals surface area (Å²) in [6, 6.07) is 6.29. The number of ether oxygens (including phenoxy) is 1.